The van der Waals surface area contributed by atoms with Crippen LogP contribution in [0.25, 0.3) is 11.1 Å². The molecule has 2 N–H and O–H groups in total. The van der Waals surface area contributed by atoms with Crippen molar-refractivity contribution in [1.29, 1.82) is 0 Å². The van der Waals surface area contributed by atoms with Crippen molar-refractivity contribution in [3.8, 4) is 11.1 Å². The maximum Gasteiger partial charge on any atom is 0.407 e. The van der Waals surface area contributed by atoms with Gasteiger partial charge >= 0.3 is 12.1 Å². The normalized spacial score (nSPS) is 21.8. The van der Waals surface area contributed by atoms with E-state index in [-0.39, 0.29) is 49.9 Å². The van der Waals surface area contributed by atoms with E-state index in [1.54, 1.807) is 4.90 Å². The van der Waals surface area contributed by atoms with Crippen LogP contribution in [-0.4, -0.2) is 66.9 Å². The van der Waals surface area contributed by atoms with Gasteiger partial charge in [0.2, 0.25) is 5.91 Å². The number of benzene rings is 2. The Morgan fingerprint density at radius 3 is 2.32 bits per heavy atom. The molecule has 2 amide bonds. The number of hydrogen-bond acceptors (Lipinski definition) is 5. The zero-order valence-corrected chi connectivity index (χ0v) is 18.8. The van der Waals surface area contributed by atoms with Gasteiger partial charge in [-0.1, -0.05) is 48.5 Å². The molecule has 0 bridgehead atoms. The van der Waals surface area contributed by atoms with Crippen LogP contribution < -0.4 is 5.32 Å². The van der Waals surface area contributed by atoms with Gasteiger partial charge in [-0.3, -0.25) is 9.59 Å². The van der Waals surface area contributed by atoms with Crippen LogP contribution >= 0.6 is 0 Å². The second kappa shape index (κ2) is 9.46. The average Bonchev–Trinajstić information content (AvgIpc) is 3.11. The highest BCUT2D eigenvalue weighted by Crippen LogP contribution is 2.44. The van der Waals surface area contributed by atoms with Crippen molar-refractivity contribution in [2.24, 2.45) is 11.8 Å². The fourth-order valence-electron chi connectivity index (χ4n) is 5.17. The van der Waals surface area contributed by atoms with E-state index in [0.717, 1.165) is 11.1 Å². The number of nitrogens with zero attached hydrogens (tertiary/aromatic N) is 1. The second-order valence-corrected chi connectivity index (χ2v) is 9.24. The third-order valence-corrected chi connectivity index (χ3v) is 7.14. The average molecular weight is 465 g/mol. The molecule has 2 aliphatic heterocycles. The number of ether oxygens (including phenoxy) is 2. The van der Waals surface area contributed by atoms with E-state index in [9.17, 15) is 14.4 Å². The Balaban J connectivity index is 1.17. The van der Waals surface area contributed by atoms with Crippen LogP contribution in [0.2, 0.25) is 0 Å². The standard InChI is InChI=1S/C26H28N2O6/c29-24(28-12-17(13-28)25(30)31)11-16-14-33-10-9-23(16)27-26(32)34-15-22-20-7-3-1-5-18(20)19-6-2-4-8-21(19)22/h1-8,16-17,22-23H,9-15H2,(H,27,32)(H,30,31). The summed E-state index contributed by atoms with van der Waals surface area (Å²) in [6.07, 6.45) is 0.307. The van der Waals surface area contributed by atoms with Gasteiger partial charge < -0.3 is 24.8 Å². The molecule has 0 aromatic heterocycles. The molecule has 2 saturated heterocycles. The highest BCUT2D eigenvalue weighted by molar-refractivity contribution is 5.81. The highest BCUT2D eigenvalue weighted by atomic mass is 16.5. The number of hydrogen-bond donors (Lipinski definition) is 2. The molecule has 2 atom stereocenters. The number of carboxylic acids is 1. The van der Waals surface area contributed by atoms with Gasteiger partial charge in [0.15, 0.2) is 0 Å². The third kappa shape index (κ3) is 4.37. The van der Waals surface area contributed by atoms with Crippen LogP contribution in [-0.2, 0) is 19.1 Å². The summed E-state index contributed by atoms with van der Waals surface area (Å²) >= 11 is 0. The molecule has 3 aliphatic rings. The third-order valence-electron chi connectivity index (χ3n) is 7.14. The Bertz CT molecular complexity index is 1050. The maximum atomic E-state index is 12.7. The Labute approximate surface area is 197 Å². The van der Waals surface area contributed by atoms with Crippen LogP contribution in [0.4, 0.5) is 4.79 Å². The number of nitrogens with one attached hydrogen (secondary N) is 1. The Morgan fingerprint density at radius 1 is 1.03 bits per heavy atom. The second-order valence-electron chi connectivity index (χ2n) is 9.24. The lowest BCUT2D eigenvalue weighted by Crippen LogP contribution is -2.54. The quantitative estimate of drug-likeness (QED) is 0.681. The van der Waals surface area contributed by atoms with E-state index in [2.05, 4.69) is 29.6 Å². The summed E-state index contributed by atoms with van der Waals surface area (Å²) in [5.41, 5.74) is 4.65. The Morgan fingerprint density at radius 2 is 1.68 bits per heavy atom. The molecule has 2 aromatic rings. The molecule has 34 heavy (non-hydrogen) atoms. The van der Waals surface area contributed by atoms with Gasteiger partial charge in [0.1, 0.15) is 6.61 Å². The number of carbonyl (C=O) groups is 3. The number of fused-ring (bicyclic) bond motifs is 3. The van der Waals surface area contributed by atoms with Gasteiger partial charge in [-0.2, -0.15) is 0 Å². The summed E-state index contributed by atoms with van der Waals surface area (Å²) in [7, 11) is 0. The van der Waals surface area contributed by atoms with E-state index >= 15 is 0 Å². The van der Waals surface area contributed by atoms with Crippen molar-refractivity contribution in [1.82, 2.24) is 10.2 Å². The molecule has 5 rings (SSSR count). The number of carbonyl (C=O) groups excluding carboxylic acids is 2. The molecule has 0 radical (unpaired) electrons. The summed E-state index contributed by atoms with van der Waals surface area (Å²) in [5, 5.41) is 12.0. The van der Waals surface area contributed by atoms with Gasteiger partial charge in [0, 0.05) is 44.0 Å². The Hall–Kier alpha value is -3.39. The monoisotopic (exact) mass is 464 g/mol. The Kier molecular flexibility index (Phi) is 6.24. The summed E-state index contributed by atoms with van der Waals surface area (Å²) in [6.45, 7) is 1.59. The minimum atomic E-state index is -0.875. The van der Waals surface area contributed by atoms with Crippen molar-refractivity contribution < 1.29 is 29.0 Å². The smallest absolute Gasteiger partial charge is 0.407 e. The maximum absolute atomic E-state index is 12.7. The molecule has 0 spiro atoms. The van der Waals surface area contributed by atoms with Crippen molar-refractivity contribution in [2.45, 2.75) is 24.8 Å². The van der Waals surface area contributed by atoms with Gasteiger partial charge in [-0.15, -0.1) is 0 Å². The number of aliphatic carboxylic acids is 1. The summed E-state index contributed by atoms with van der Waals surface area (Å²) in [6, 6.07) is 16.1. The van der Waals surface area contributed by atoms with Crippen molar-refractivity contribution in [3.63, 3.8) is 0 Å². The summed E-state index contributed by atoms with van der Waals surface area (Å²) in [4.78, 5) is 37.8. The lowest BCUT2D eigenvalue weighted by Gasteiger charge is -2.39. The minimum absolute atomic E-state index is 0.0150. The van der Waals surface area contributed by atoms with Gasteiger partial charge in [-0.05, 0) is 28.7 Å². The number of carboxylic acid groups (broad SMARTS) is 1. The zero-order chi connectivity index (χ0) is 23.7. The zero-order valence-electron chi connectivity index (χ0n) is 18.8. The molecule has 8 heteroatoms. The summed E-state index contributed by atoms with van der Waals surface area (Å²) in [5.74, 6) is -1.65. The first-order chi connectivity index (χ1) is 16.5. The predicted molar refractivity (Wildman–Crippen MR) is 123 cm³/mol. The van der Waals surface area contributed by atoms with Crippen LogP contribution in [0.15, 0.2) is 48.5 Å². The van der Waals surface area contributed by atoms with Gasteiger partial charge in [0.25, 0.3) is 0 Å². The van der Waals surface area contributed by atoms with E-state index in [1.165, 1.54) is 11.1 Å². The predicted octanol–water partition coefficient (Wildman–Crippen LogP) is 2.86. The molecule has 1 aliphatic carbocycles. The molecule has 0 saturated carbocycles. The first-order valence-electron chi connectivity index (χ1n) is 11.7. The van der Waals surface area contributed by atoms with Crippen molar-refractivity contribution >= 4 is 18.0 Å². The number of alkyl carbamates (subject to hydrolysis) is 1. The fourth-order valence-corrected chi connectivity index (χ4v) is 5.17. The number of likely N-dealkylation sites (tertiary alicyclic amines) is 1. The van der Waals surface area contributed by atoms with Gasteiger partial charge in [0.05, 0.1) is 12.5 Å². The van der Waals surface area contributed by atoms with Crippen LogP contribution in [0.3, 0.4) is 0 Å². The SMILES string of the molecule is O=C(NC1CCOCC1CC(=O)N1CC(C(=O)O)C1)OCC1c2ccccc2-c2ccccc21. The van der Waals surface area contributed by atoms with Crippen LogP contribution in [0.1, 0.15) is 29.9 Å². The first-order valence-corrected chi connectivity index (χ1v) is 11.7. The van der Waals surface area contributed by atoms with Crippen molar-refractivity contribution in [3.05, 3.63) is 59.7 Å². The van der Waals surface area contributed by atoms with E-state index < -0.39 is 18.0 Å². The largest absolute Gasteiger partial charge is 0.481 e. The molecule has 2 aromatic carbocycles. The molecule has 2 unspecified atom stereocenters. The first kappa shape index (κ1) is 22.4. The van der Waals surface area contributed by atoms with Crippen LogP contribution in [0.5, 0.6) is 0 Å². The molecular formula is C26H28N2O6. The van der Waals surface area contributed by atoms with Crippen molar-refractivity contribution in [2.75, 3.05) is 32.9 Å². The van der Waals surface area contributed by atoms with Gasteiger partial charge in [-0.25, -0.2) is 4.79 Å². The highest BCUT2D eigenvalue weighted by Gasteiger charge is 2.38. The molecule has 2 fully saturated rings. The minimum Gasteiger partial charge on any atom is -0.481 e. The lowest BCUT2D eigenvalue weighted by molar-refractivity contribution is -0.153. The fraction of sp³-hybridized carbons (Fsp3) is 0.423. The molecular weight excluding hydrogens is 436 g/mol. The van der Waals surface area contributed by atoms with E-state index in [0.29, 0.717) is 19.6 Å². The van der Waals surface area contributed by atoms with Crippen LogP contribution in [0, 0.1) is 11.8 Å². The van der Waals surface area contributed by atoms with E-state index in [4.69, 9.17) is 14.6 Å². The summed E-state index contributed by atoms with van der Waals surface area (Å²) < 4.78 is 11.2. The molecule has 178 valence electrons. The topological polar surface area (TPSA) is 105 Å². The van der Waals surface area contributed by atoms with E-state index in [1.807, 2.05) is 24.3 Å². The number of rotatable bonds is 6. The molecule has 8 nitrogen and oxygen atoms in total. The molecule has 2 heterocycles. The lowest BCUT2D eigenvalue weighted by atomic mass is 9.90. The number of amides is 2.